The van der Waals surface area contributed by atoms with Crippen LogP contribution in [-0.2, 0) is 10.0 Å². The second-order valence-corrected chi connectivity index (χ2v) is 6.12. The Balaban J connectivity index is 3.03. The molecule has 0 N–H and O–H groups in total. The van der Waals surface area contributed by atoms with Crippen LogP contribution >= 0.6 is 11.6 Å². The monoisotopic (exact) mass is 272 g/mol. The van der Waals surface area contributed by atoms with Gasteiger partial charge in [0, 0.05) is 18.1 Å². The van der Waals surface area contributed by atoms with Gasteiger partial charge in [0.15, 0.2) is 0 Å². The van der Waals surface area contributed by atoms with Crippen LogP contribution in [0.25, 0.3) is 0 Å². The largest absolute Gasteiger partial charge is 0.243 e. The van der Waals surface area contributed by atoms with E-state index < -0.39 is 10.0 Å². The Bertz CT molecular complexity index is 519. The molecule has 1 atom stereocenters. The Kier molecular flexibility index (Phi) is 4.52. The van der Waals surface area contributed by atoms with Gasteiger partial charge in [-0.15, -0.1) is 0 Å². The second kappa shape index (κ2) is 5.50. The third-order valence-corrected chi connectivity index (χ3v) is 4.74. The molecule has 0 saturated heterocycles. The molecule has 1 aromatic carbocycles. The van der Waals surface area contributed by atoms with E-state index in [2.05, 4.69) is 0 Å². The van der Waals surface area contributed by atoms with Crippen molar-refractivity contribution in [2.75, 3.05) is 7.05 Å². The van der Waals surface area contributed by atoms with Crippen molar-refractivity contribution in [2.24, 2.45) is 0 Å². The van der Waals surface area contributed by atoms with Gasteiger partial charge >= 0.3 is 0 Å². The number of nitriles is 1. The summed E-state index contributed by atoms with van der Waals surface area (Å²) in [4.78, 5) is 0.175. The number of nitrogens with zero attached hydrogens (tertiary/aromatic N) is 2. The van der Waals surface area contributed by atoms with Crippen molar-refractivity contribution in [3.05, 3.63) is 29.3 Å². The van der Waals surface area contributed by atoms with Gasteiger partial charge in [0.2, 0.25) is 10.0 Å². The average Bonchev–Trinajstić information content (AvgIpc) is 2.29. The lowest BCUT2D eigenvalue weighted by atomic mass is 10.3. The fraction of sp³-hybridized carbons (Fsp3) is 0.364. The van der Waals surface area contributed by atoms with Gasteiger partial charge in [-0.25, -0.2) is 8.42 Å². The highest BCUT2D eigenvalue weighted by molar-refractivity contribution is 7.89. The molecule has 0 fully saturated rings. The maximum atomic E-state index is 12.1. The van der Waals surface area contributed by atoms with Crippen LogP contribution in [0.5, 0.6) is 0 Å². The van der Waals surface area contributed by atoms with Crippen molar-refractivity contribution in [3.8, 4) is 6.07 Å². The summed E-state index contributed by atoms with van der Waals surface area (Å²) in [5.41, 5.74) is 0. The molecule has 92 valence electrons. The molecule has 4 nitrogen and oxygen atoms in total. The first kappa shape index (κ1) is 14.0. The van der Waals surface area contributed by atoms with E-state index in [1.54, 1.807) is 6.92 Å². The van der Waals surface area contributed by atoms with E-state index in [-0.39, 0.29) is 17.4 Å². The van der Waals surface area contributed by atoms with Crippen LogP contribution < -0.4 is 0 Å². The molecule has 6 heteroatoms. The van der Waals surface area contributed by atoms with Crippen LogP contribution in [0.4, 0.5) is 0 Å². The smallest absolute Gasteiger partial charge is 0.207 e. The Morgan fingerprint density at radius 3 is 2.41 bits per heavy atom. The minimum Gasteiger partial charge on any atom is -0.207 e. The molecule has 0 aromatic heterocycles. The highest BCUT2D eigenvalue weighted by Crippen LogP contribution is 2.19. The number of hydrogen-bond donors (Lipinski definition) is 0. The zero-order valence-electron chi connectivity index (χ0n) is 9.59. The SMILES string of the molecule is CC(CC#N)N(C)S(=O)(=O)c1ccc(Cl)cc1. The van der Waals surface area contributed by atoms with E-state index in [9.17, 15) is 8.42 Å². The number of rotatable bonds is 4. The van der Waals surface area contributed by atoms with Crippen LogP contribution in [0.3, 0.4) is 0 Å². The van der Waals surface area contributed by atoms with E-state index in [1.165, 1.54) is 35.6 Å². The fourth-order valence-corrected chi connectivity index (χ4v) is 2.76. The van der Waals surface area contributed by atoms with Gasteiger partial charge < -0.3 is 0 Å². The number of hydrogen-bond acceptors (Lipinski definition) is 3. The summed E-state index contributed by atoms with van der Waals surface area (Å²) in [6, 6.07) is 7.55. The van der Waals surface area contributed by atoms with E-state index in [0.29, 0.717) is 5.02 Å². The van der Waals surface area contributed by atoms with Crippen LogP contribution in [0.1, 0.15) is 13.3 Å². The summed E-state index contributed by atoms with van der Waals surface area (Å²) in [6.07, 6.45) is 0.156. The number of sulfonamides is 1. The molecule has 1 aromatic rings. The van der Waals surface area contributed by atoms with Gasteiger partial charge in [-0.05, 0) is 31.2 Å². The number of halogens is 1. The lowest BCUT2D eigenvalue weighted by molar-refractivity contribution is 0.393. The Labute approximate surface area is 106 Å². The predicted octanol–water partition coefficient (Wildman–Crippen LogP) is 2.26. The topological polar surface area (TPSA) is 61.2 Å². The van der Waals surface area contributed by atoms with Crippen molar-refractivity contribution >= 4 is 21.6 Å². The molecule has 0 spiro atoms. The van der Waals surface area contributed by atoms with Crippen LogP contribution in [0.15, 0.2) is 29.2 Å². The third kappa shape index (κ3) is 3.19. The third-order valence-electron chi connectivity index (χ3n) is 2.50. The summed E-state index contributed by atoms with van der Waals surface area (Å²) in [6.45, 7) is 1.69. The van der Waals surface area contributed by atoms with Crippen molar-refractivity contribution in [1.29, 1.82) is 5.26 Å². The fourth-order valence-electron chi connectivity index (χ4n) is 1.27. The first-order valence-corrected chi connectivity index (χ1v) is 6.82. The molecule has 0 aliphatic rings. The van der Waals surface area contributed by atoms with Crippen molar-refractivity contribution in [3.63, 3.8) is 0 Å². The highest BCUT2D eigenvalue weighted by atomic mass is 35.5. The molecule has 1 unspecified atom stereocenters. The molecular weight excluding hydrogens is 260 g/mol. The molecule has 0 bridgehead atoms. The summed E-state index contributed by atoms with van der Waals surface area (Å²) in [7, 11) is -2.09. The van der Waals surface area contributed by atoms with Crippen molar-refractivity contribution in [2.45, 2.75) is 24.3 Å². The van der Waals surface area contributed by atoms with Crippen molar-refractivity contribution in [1.82, 2.24) is 4.31 Å². The minimum atomic E-state index is -3.55. The molecule has 1 rings (SSSR count). The summed E-state index contributed by atoms with van der Waals surface area (Å²) in [5.74, 6) is 0. The molecule has 0 amide bonds. The average molecular weight is 273 g/mol. The van der Waals surface area contributed by atoms with Gasteiger partial charge in [-0.2, -0.15) is 9.57 Å². The Morgan fingerprint density at radius 2 is 1.94 bits per heavy atom. The van der Waals surface area contributed by atoms with Gasteiger partial charge in [-0.1, -0.05) is 11.6 Å². The van der Waals surface area contributed by atoms with E-state index in [0.717, 1.165) is 0 Å². The maximum Gasteiger partial charge on any atom is 0.243 e. The van der Waals surface area contributed by atoms with Crippen molar-refractivity contribution < 1.29 is 8.42 Å². The molecule has 0 aliphatic heterocycles. The normalized spacial score (nSPS) is 13.4. The standard InChI is InChI=1S/C11H13ClN2O2S/c1-9(7-8-13)14(2)17(15,16)11-5-3-10(12)4-6-11/h3-6,9H,7H2,1-2H3. The lowest BCUT2D eigenvalue weighted by Crippen LogP contribution is -2.34. The predicted molar refractivity (Wildman–Crippen MR) is 66.1 cm³/mol. The lowest BCUT2D eigenvalue weighted by Gasteiger charge is -2.22. The van der Waals surface area contributed by atoms with Crippen LogP contribution in [-0.4, -0.2) is 25.8 Å². The van der Waals surface area contributed by atoms with E-state index >= 15 is 0 Å². The molecule has 0 radical (unpaired) electrons. The molecule has 0 saturated carbocycles. The molecular formula is C11H13ClN2O2S. The molecule has 17 heavy (non-hydrogen) atoms. The van der Waals surface area contributed by atoms with Crippen LogP contribution in [0, 0.1) is 11.3 Å². The van der Waals surface area contributed by atoms with E-state index in [1.807, 2.05) is 6.07 Å². The quantitative estimate of drug-likeness (QED) is 0.845. The maximum absolute atomic E-state index is 12.1. The summed E-state index contributed by atoms with van der Waals surface area (Å²) < 4.78 is 25.5. The summed E-state index contributed by atoms with van der Waals surface area (Å²) in [5, 5.41) is 9.05. The van der Waals surface area contributed by atoms with Gasteiger partial charge in [-0.3, -0.25) is 0 Å². The second-order valence-electron chi connectivity index (χ2n) is 3.69. The zero-order valence-corrected chi connectivity index (χ0v) is 11.2. The molecule has 0 aliphatic carbocycles. The Morgan fingerprint density at radius 1 is 1.41 bits per heavy atom. The van der Waals surface area contributed by atoms with Gasteiger partial charge in [0.25, 0.3) is 0 Å². The van der Waals surface area contributed by atoms with E-state index in [4.69, 9.17) is 16.9 Å². The first-order valence-electron chi connectivity index (χ1n) is 5.00. The summed E-state index contributed by atoms with van der Waals surface area (Å²) >= 11 is 5.70. The number of benzene rings is 1. The van der Waals surface area contributed by atoms with Crippen LogP contribution in [0.2, 0.25) is 5.02 Å². The van der Waals surface area contributed by atoms with Gasteiger partial charge in [0.05, 0.1) is 17.4 Å². The van der Waals surface area contributed by atoms with Gasteiger partial charge in [0.1, 0.15) is 0 Å². The minimum absolute atomic E-state index is 0.156. The Hall–Kier alpha value is -1.09. The highest BCUT2D eigenvalue weighted by Gasteiger charge is 2.24. The zero-order chi connectivity index (χ0) is 13.1. The first-order chi connectivity index (χ1) is 7.89. The molecule has 0 heterocycles.